The summed E-state index contributed by atoms with van der Waals surface area (Å²) in [5.41, 5.74) is -0.500. The van der Waals surface area contributed by atoms with Gasteiger partial charge in [0.2, 0.25) is 0 Å². The average Bonchev–Trinajstić information content (AvgIpc) is 1.63. The van der Waals surface area contributed by atoms with Crippen LogP contribution in [-0.4, -0.2) is 22.4 Å². The Kier molecular flexibility index (Phi) is 16.8. The second-order valence-electron chi connectivity index (χ2n) is 3.25. The zero-order valence-corrected chi connectivity index (χ0v) is 8.52. The summed E-state index contributed by atoms with van der Waals surface area (Å²) >= 11 is 0. The van der Waals surface area contributed by atoms with Crippen LogP contribution in [0.5, 0.6) is 0 Å². The molecular formula is C8H21LiO2. The van der Waals surface area contributed by atoms with Crippen LogP contribution in [0, 0.1) is 0 Å². The fourth-order valence-corrected chi connectivity index (χ4v) is 0.158. The van der Waals surface area contributed by atoms with Gasteiger partial charge in [-0.2, -0.15) is 0 Å². The quantitative estimate of drug-likeness (QED) is 0.486. The Labute approximate surface area is 83.7 Å². The predicted molar refractivity (Wildman–Crippen MR) is 45.1 cm³/mol. The Bertz CT molecular complexity index is 56.6. The number of rotatable bonds is 2. The van der Waals surface area contributed by atoms with E-state index < -0.39 is 5.60 Å². The average molecular weight is 156 g/mol. The molecule has 0 fully saturated rings. The molecule has 0 aliphatic heterocycles. The molecule has 0 aromatic rings. The standard InChI is InChI=1S/2C4H10O.Li.H/c1-4(2,3)5;1-2-3-4-5;;/h5H,1-3H3;5H,2-4H2,1H3;;/q;;+1;-1. The first-order valence-corrected chi connectivity index (χ1v) is 3.75. The molecule has 0 amide bonds. The Hall–Kier alpha value is 0.517. The van der Waals surface area contributed by atoms with Crippen molar-refractivity contribution in [2.75, 3.05) is 6.61 Å². The predicted octanol–water partition coefficient (Wildman–Crippen LogP) is -1.33. The van der Waals surface area contributed by atoms with Gasteiger partial charge in [-0.25, -0.2) is 0 Å². The maximum Gasteiger partial charge on any atom is 1.00 e. The summed E-state index contributed by atoms with van der Waals surface area (Å²) in [6.07, 6.45) is 2.04. The number of unbranched alkanes of at least 4 members (excludes halogenated alkanes) is 1. The van der Waals surface area contributed by atoms with E-state index in [-0.39, 0.29) is 20.3 Å². The third-order valence-corrected chi connectivity index (χ3v) is 0.512. The Balaban J connectivity index is -0.0000000457. The molecule has 0 spiro atoms. The number of hydrogen-bond donors (Lipinski definition) is 2. The number of aliphatic hydroxyl groups excluding tert-OH is 1. The third-order valence-electron chi connectivity index (χ3n) is 0.512. The second kappa shape index (κ2) is 10.5. The molecule has 0 aliphatic carbocycles. The monoisotopic (exact) mass is 156 g/mol. The van der Waals surface area contributed by atoms with Gasteiger partial charge in [-0.3, -0.25) is 0 Å². The van der Waals surface area contributed by atoms with Gasteiger partial charge in [0.05, 0.1) is 5.60 Å². The SMILES string of the molecule is CC(C)(C)O.CCCCO.[H-].[Li+]. The van der Waals surface area contributed by atoms with E-state index in [4.69, 9.17) is 10.2 Å². The van der Waals surface area contributed by atoms with E-state index >= 15 is 0 Å². The molecule has 0 aromatic heterocycles. The molecule has 0 heterocycles. The maximum atomic E-state index is 8.52. The molecule has 2 nitrogen and oxygen atoms in total. The van der Waals surface area contributed by atoms with Crippen molar-refractivity contribution < 1.29 is 30.5 Å². The fourth-order valence-electron chi connectivity index (χ4n) is 0.158. The van der Waals surface area contributed by atoms with E-state index in [0.717, 1.165) is 12.8 Å². The number of aliphatic hydroxyl groups is 2. The molecule has 3 heteroatoms. The first-order chi connectivity index (χ1) is 4.41. The van der Waals surface area contributed by atoms with Crippen LogP contribution in [-0.2, 0) is 0 Å². The maximum absolute atomic E-state index is 8.52. The van der Waals surface area contributed by atoms with Crippen LogP contribution in [0.4, 0.5) is 0 Å². The molecule has 66 valence electrons. The van der Waals surface area contributed by atoms with E-state index in [2.05, 4.69) is 6.92 Å². The van der Waals surface area contributed by atoms with E-state index in [1.165, 1.54) is 0 Å². The van der Waals surface area contributed by atoms with Crippen LogP contribution in [0.3, 0.4) is 0 Å². The van der Waals surface area contributed by atoms with Crippen molar-refractivity contribution in [1.82, 2.24) is 0 Å². The molecule has 0 unspecified atom stereocenters. The minimum Gasteiger partial charge on any atom is -1.00 e. The summed E-state index contributed by atoms with van der Waals surface area (Å²) in [6, 6.07) is 0. The van der Waals surface area contributed by atoms with Crippen molar-refractivity contribution in [3.63, 3.8) is 0 Å². The minimum absolute atomic E-state index is 0. The van der Waals surface area contributed by atoms with Crippen molar-refractivity contribution >= 4 is 0 Å². The van der Waals surface area contributed by atoms with Crippen LogP contribution < -0.4 is 18.9 Å². The summed E-state index contributed by atoms with van der Waals surface area (Å²) in [5, 5.41) is 16.6. The Morgan fingerprint density at radius 3 is 1.55 bits per heavy atom. The molecule has 0 aliphatic rings. The van der Waals surface area contributed by atoms with Crippen LogP contribution in [0.15, 0.2) is 0 Å². The summed E-state index contributed by atoms with van der Waals surface area (Å²) in [5.74, 6) is 0. The normalized spacial score (nSPS) is 9.27. The zero-order chi connectivity index (χ0) is 8.62. The zero-order valence-electron chi connectivity index (χ0n) is 9.52. The third kappa shape index (κ3) is 120. The molecule has 0 rings (SSSR count). The van der Waals surface area contributed by atoms with Crippen molar-refractivity contribution in [2.45, 2.75) is 46.1 Å². The van der Waals surface area contributed by atoms with Gasteiger partial charge in [0.1, 0.15) is 0 Å². The smallest absolute Gasteiger partial charge is 1.00 e. The first kappa shape index (κ1) is 17.6. The topological polar surface area (TPSA) is 40.5 Å². The molecule has 0 radical (unpaired) electrons. The fraction of sp³-hybridized carbons (Fsp3) is 1.00. The van der Waals surface area contributed by atoms with E-state index in [1.54, 1.807) is 20.8 Å². The molecule has 0 aromatic carbocycles. The van der Waals surface area contributed by atoms with E-state index in [1.807, 2.05) is 0 Å². The molecular weight excluding hydrogens is 135 g/mol. The first-order valence-electron chi connectivity index (χ1n) is 3.75. The van der Waals surface area contributed by atoms with Crippen molar-refractivity contribution in [3.05, 3.63) is 0 Å². The van der Waals surface area contributed by atoms with Crippen LogP contribution in [0.2, 0.25) is 0 Å². The van der Waals surface area contributed by atoms with Crippen LogP contribution >= 0.6 is 0 Å². The van der Waals surface area contributed by atoms with Crippen molar-refractivity contribution in [1.29, 1.82) is 0 Å². The summed E-state index contributed by atoms with van der Waals surface area (Å²) in [7, 11) is 0. The Morgan fingerprint density at radius 1 is 1.27 bits per heavy atom. The van der Waals surface area contributed by atoms with E-state index in [0.29, 0.717) is 6.61 Å². The van der Waals surface area contributed by atoms with Gasteiger partial charge in [-0.05, 0) is 27.2 Å². The largest absolute Gasteiger partial charge is 1.00 e. The summed E-state index contributed by atoms with van der Waals surface area (Å²) < 4.78 is 0. The van der Waals surface area contributed by atoms with Crippen molar-refractivity contribution in [3.8, 4) is 0 Å². The van der Waals surface area contributed by atoms with Gasteiger partial charge in [0.15, 0.2) is 0 Å². The molecule has 0 saturated carbocycles. The van der Waals surface area contributed by atoms with E-state index in [9.17, 15) is 0 Å². The van der Waals surface area contributed by atoms with Gasteiger partial charge >= 0.3 is 18.9 Å². The summed E-state index contributed by atoms with van der Waals surface area (Å²) in [4.78, 5) is 0. The molecule has 0 saturated heterocycles. The minimum atomic E-state index is -0.500. The Morgan fingerprint density at radius 2 is 1.55 bits per heavy atom. The molecule has 11 heavy (non-hydrogen) atoms. The van der Waals surface area contributed by atoms with Crippen LogP contribution in [0.25, 0.3) is 0 Å². The van der Waals surface area contributed by atoms with Gasteiger partial charge in [-0.15, -0.1) is 0 Å². The second-order valence-corrected chi connectivity index (χ2v) is 3.25. The van der Waals surface area contributed by atoms with Crippen LogP contribution in [0.1, 0.15) is 42.0 Å². The molecule has 0 atom stereocenters. The number of hydrogen-bond acceptors (Lipinski definition) is 2. The molecule has 0 bridgehead atoms. The van der Waals surface area contributed by atoms with Gasteiger partial charge < -0.3 is 11.6 Å². The van der Waals surface area contributed by atoms with Gasteiger partial charge in [0.25, 0.3) is 0 Å². The molecule has 2 N–H and O–H groups in total. The van der Waals surface area contributed by atoms with Gasteiger partial charge in [0, 0.05) is 6.61 Å². The van der Waals surface area contributed by atoms with Crippen molar-refractivity contribution in [2.24, 2.45) is 0 Å². The van der Waals surface area contributed by atoms with Gasteiger partial charge in [-0.1, -0.05) is 13.3 Å². The summed E-state index contributed by atoms with van der Waals surface area (Å²) in [6.45, 7) is 7.62.